The molecule has 3 nitrogen and oxygen atoms in total. The van der Waals surface area contributed by atoms with Crippen molar-refractivity contribution >= 4 is 21.7 Å². The van der Waals surface area contributed by atoms with Crippen molar-refractivity contribution in [3.05, 3.63) is 78.9 Å². The molecule has 41 heavy (non-hydrogen) atoms. The van der Waals surface area contributed by atoms with Crippen LogP contribution in [-0.4, -0.2) is 27.4 Å². The van der Waals surface area contributed by atoms with Crippen molar-refractivity contribution in [2.75, 3.05) is 0 Å². The van der Waals surface area contributed by atoms with Gasteiger partial charge in [-0.15, -0.1) is 35.9 Å². The minimum absolute atomic E-state index is 0. The summed E-state index contributed by atoms with van der Waals surface area (Å²) >= 11 is 0. The van der Waals surface area contributed by atoms with Crippen LogP contribution in [0.15, 0.2) is 72.8 Å². The van der Waals surface area contributed by atoms with Crippen molar-refractivity contribution in [3.63, 3.8) is 0 Å². The molecule has 0 aliphatic heterocycles. The topological polar surface area (TPSA) is 53.4 Å². The molecule has 2 N–H and O–H groups in total. The second-order valence-corrected chi connectivity index (χ2v) is 12.3. The Morgan fingerprint density at radius 3 is 2.10 bits per heavy atom. The van der Waals surface area contributed by atoms with Crippen LogP contribution in [-0.2, 0) is 20.1 Å². The van der Waals surface area contributed by atoms with E-state index in [-0.39, 0.29) is 49.1 Å². The fourth-order valence-electron chi connectivity index (χ4n) is 7.98. The van der Waals surface area contributed by atoms with Gasteiger partial charge in [-0.1, -0.05) is 82.6 Å². The number of pyridine rings is 1. The molecule has 1 radical (unpaired) electrons. The van der Waals surface area contributed by atoms with Crippen molar-refractivity contribution in [2.24, 2.45) is 22.7 Å². The van der Waals surface area contributed by atoms with Gasteiger partial charge in [0.05, 0.1) is 17.7 Å². The van der Waals surface area contributed by atoms with Crippen LogP contribution in [0.3, 0.4) is 0 Å². The standard InChI is InChI=1S/C19H12N.C18H34O2.Ir/c1-2-7-15(8-3-1)18-13-12-16-11-10-14-6-4-5-9-17(14)19(16)20-18;1-5-17(6-2)11-9-10-13-12-18(7-3,8-4)16(20)14(13)15(17)19;/h1-7,9-13H;13-16,19-20H,5-12H2,1-4H3;/q-1;;. The fourth-order valence-corrected chi connectivity index (χ4v) is 7.98. The molecular weight excluding hydrogens is 683 g/mol. The summed E-state index contributed by atoms with van der Waals surface area (Å²) in [6, 6.07) is 28.0. The summed E-state index contributed by atoms with van der Waals surface area (Å²) in [5.74, 6) is 0.636. The van der Waals surface area contributed by atoms with Gasteiger partial charge in [0.25, 0.3) is 0 Å². The maximum Gasteiger partial charge on any atom is 0.0673 e. The van der Waals surface area contributed by atoms with E-state index in [9.17, 15) is 10.2 Å². The molecule has 1 heterocycles. The predicted octanol–water partition coefficient (Wildman–Crippen LogP) is 8.99. The van der Waals surface area contributed by atoms with E-state index in [2.05, 4.69) is 82.3 Å². The zero-order chi connectivity index (χ0) is 28.3. The van der Waals surface area contributed by atoms with Gasteiger partial charge in [0, 0.05) is 31.4 Å². The first kappa shape index (κ1) is 31.8. The van der Waals surface area contributed by atoms with Gasteiger partial charge in [0.1, 0.15) is 0 Å². The van der Waals surface area contributed by atoms with Crippen LogP contribution in [0, 0.1) is 28.7 Å². The molecule has 4 aromatic rings. The molecule has 0 amide bonds. The second-order valence-electron chi connectivity index (χ2n) is 12.3. The minimum atomic E-state index is -0.319. The van der Waals surface area contributed by atoms with Gasteiger partial charge in [0.2, 0.25) is 0 Å². The predicted molar refractivity (Wildman–Crippen MR) is 167 cm³/mol. The summed E-state index contributed by atoms with van der Waals surface area (Å²) < 4.78 is 0. The third-order valence-electron chi connectivity index (χ3n) is 10.8. The van der Waals surface area contributed by atoms with Gasteiger partial charge in [-0.2, -0.15) is 0 Å². The maximum atomic E-state index is 11.1. The molecule has 0 bridgehead atoms. The zero-order valence-corrected chi connectivity index (χ0v) is 27.5. The average Bonchev–Trinajstić information content (AvgIpc) is 3.22. The van der Waals surface area contributed by atoms with Crippen molar-refractivity contribution in [3.8, 4) is 11.3 Å². The first-order valence-electron chi connectivity index (χ1n) is 15.5. The average molecular weight is 729 g/mol. The van der Waals surface area contributed by atoms with Gasteiger partial charge >= 0.3 is 0 Å². The SMILES string of the molecule is CCC1(CC)CCCC2CC(CC)(CC)C(O)C2C1O.[Ir].[c-]1ccccc1-c1ccc2ccc3ccccc3c2n1. The Kier molecular flexibility index (Phi) is 10.5. The van der Waals surface area contributed by atoms with Crippen LogP contribution in [0.25, 0.3) is 32.9 Å². The van der Waals surface area contributed by atoms with Gasteiger partial charge in [-0.05, 0) is 78.2 Å². The molecule has 4 heteroatoms. The van der Waals surface area contributed by atoms with E-state index in [1.54, 1.807) is 0 Å². The Hall–Kier alpha value is -2.10. The molecule has 6 rings (SSSR count). The summed E-state index contributed by atoms with van der Waals surface area (Å²) in [6.45, 7) is 8.83. The molecule has 1 aromatic heterocycles. The minimum Gasteiger partial charge on any atom is -0.392 e. The third-order valence-corrected chi connectivity index (χ3v) is 10.8. The summed E-state index contributed by atoms with van der Waals surface area (Å²) in [4.78, 5) is 4.84. The summed E-state index contributed by atoms with van der Waals surface area (Å²) in [5.41, 5.74) is 3.15. The molecule has 0 saturated heterocycles. The van der Waals surface area contributed by atoms with E-state index < -0.39 is 0 Å². The molecule has 221 valence electrons. The van der Waals surface area contributed by atoms with Crippen LogP contribution in [0.1, 0.15) is 79.1 Å². The van der Waals surface area contributed by atoms with Gasteiger partial charge in [0.15, 0.2) is 0 Å². The Labute approximate surface area is 260 Å². The quantitative estimate of drug-likeness (QED) is 0.159. The zero-order valence-electron chi connectivity index (χ0n) is 25.1. The van der Waals surface area contributed by atoms with Crippen LogP contribution in [0.4, 0.5) is 0 Å². The number of fused-ring (bicyclic) bond motifs is 4. The van der Waals surface area contributed by atoms with Crippen molar-refractivity contribution in [1.82, 2.24) is 4.98 Å². The van der Waals surface area contributed by atoms with E-state index >= 15 is 0 Å². The first-order chi connectivity index (χ1) is 19.4. The first-order valence-corrected chi connectivity index (χ1v) is 15.5. The summed E-state index contributed by atoms with van der Waals surface area (Å²) in [6.07, 6.45) is 8.17. The van der Waals surface area contributed by atoms with Crippen LogP contribution in [0.5, 0.6) is 0 Å². The van der Waals surface area contributed by atoms with E-state index in [4.69, 9.17) is 4.98 Å². The van der Waals surface area contributed by atoms with Gasteiger partial charge in [-0.25, -0.2) is 0 Å². The molecule has 0 spiro atoms. The normalized spacial score (nSPS) is 24.5. The Morgan fingerprint density at radius 2 is 1.41 bits per heavy atom. The van der Waals surface area contributed by atoms with Crippen molar-refractivity contribution < 1.29 is 30.3 Å². The third kappa shape index (κ3) is 5.91. The molecule has 2 saturated carbocycles. The maximum absolute atomic E-state index is 11.1. The van der Waals surface area contributed by atoms with Crippen molar-refractivity contribution in [2.45, 2.75) is 91.3 Å². The van der Waals surface area contributed by atoms with Gasteiger partial charge < -0.3 is 10.2 Å². The molecule has 3 aromatic carbocycles. The molecule has 4 unspecified atom stereocenters. The van der Waals surface area contributed by atoms with Crippen LogP contribution >= 0.6 is 0 Å². The fraction of sp³-hybridized carbons (Fsp3) is 0.486. The number of benzene rings is 3. The Balaban J connectivity index is 0.000000184. The van der Waals surface area contributed by atoms with Gasteiger partial charge in [-0.3, -0.25) is 4.98 Å². The number of aliphatic hydroxyl groups excluding tert-OH is 2. The number of aliphatic hydroxyl groups is 2. The summed E-state index contributed by atoms with van der Waals surface area (Å²) in [7, 11) is 0. The second kappa shape index (κ2) is 13.5. The van der Waals surface area contributed by atoms with E-state index in [1.807, 2.05) is 24.3 Å². The molecular formula is C37H46IrNO2-. The Bertz CT molecular complexity index is 1410. The number of nitrogens with zero attached hydrogens (tertiary/aromatic N) is 1. The van der Waals surface area contributed by atoms with Crippen LogP contribution in [0.2, 0.25) is 0 Å². The van der Waals surface area contributed by atoms with E-state index in [0.717, 1.165) is 55.3 Å². The van der Waals surface area contributed by atoms with Crippen LogP contribution < -0.4 is 0 Å². The Morgan fingerprint density at radius 1 is 0.780 bits per heavy atom. The molecule has 2 aliphatic rings. The number of rotatable bonds is 5. The number of hydrogen-bond donors (Lipinski definition) is 2. The number of hydrogen-bond acceptors (Lipinski definition) is 3. The monoisotopic (exact) mass is 729 g/mol. The van der Waals surface area contributed by atoms with E-state index in [1.165, 1.54) is 29.0 Å². The molecule has 2 fully saturated rings. The number of aromatic nitrogens is 1. The van der Waals surface area contributed by atoms with Crippen molar-refractivity contribution in [1.29, 1.82) is 0 Å². The summed E-state index contributed by atoms with van der Waals surface area (Å²) in [5, 5.41) is 25.7. The largest absolute Gasteiger partial charge is 0.392 e. The molecule has 2 aliphatic carbocycles. The smallest absolute Gasteiger partial charge is 0.0673 e. The molecule has 4 atom stereocenters. The van der Waals surface area contributed by atoms with E-state index in [0.29, 0.717) is 5.92 Å².